The standard InChI is InChI=1S/C12H25N3O/c1-10(2)8-14-12(16)4-6-13-11-5-7-15(3)9-11/h10-11,13H,4-9H2,1-3H3,(H,14,16). The summed E-state index contributed by atoms with van der Waals surface area (Å²) in [5.41, 5.74) is 0. The number of hydrogen-bond donors (Lipinski definition) is 2. The smallest absolute Gasteiger partial charge is 0.221 e. The molecule has 1 fully saturated rings. The van der Waals surface area contributed by atoms with Crippen molar-refractivity contribution in [3.8, 4) is 0 Å². The van der Waals surface area contributed by atoms with E-state index in [0.717, 1.165) is 26.2 Å². The monoisotopic (exact) mass is 227 g/mol. The number of carbonyl (C=O) groups is 1. The van der Waals surface area contributed by atoms with Crippen molar-refractivity contribution in [3.63, 3.8) is 0 Å². The Morgan fingerprint density at radius 2 is 2.25 bits per heavy atom. The van der Waals surface area contributed by atoms with Gasteiger partial charge in [0.25, 0.3) is 0 Å². The van der Waals surface area contributed by atoms with Crippen LogP contribution in [0.1, 0.15) is 26.7 Å². The van der Waals surface area contributed by atoms with Crippen LogP contribution in [0.3, 0.4) is 0 Å². The maximum absolute atomic E-state index is 11.4. The summed E-state index contributed by atoms with van der Waals surface area (Å²) >= 11 is 0. The van der Waals surface area contributed by atoms with Crippen molar-refractivity contribution in [3.05, 3.63) is 0 Å². The Morgan fingerprint density at radius 3 is 2.81 bits per heavy atom. The molecule has 4 nitrogen and oxygen atoms in total. The minimum atomic E-state index is 0.160. The van der Waals surface area contributed by atoms with E-state index in [1.165, 1.54) is 6.42 Å². The molecule has 94 valence electrons. The summed E-state index contributed by atoms with van der Waals surface area (Å²) in [7, 11) is 2.14. The zero-order valence-electron chi connectivity index (χ0n) is 10.8. The molecule has 1 unspecified atom stereocenters. The van der Waals surface area contributed by atoms with Gasteiger partial charge in [0, 0.05) is 32.1 Å². The van der Waals surface area contributed by atoms with E-state index in [9.17, 15) is 4.79 Å². The average Bonchev–Trinajstić information content (AvgIpc) is 2.61. The summed E-state index contributed by atoms with van der Waals surface area (Å²) < 4.78 is 0. The summed E-state index contributed by atoms with van der Waals surface area (Å²) in [6, 6.07) is 0.572. The number of likely N-dealkylation sites (N-methyl/N-ethyl adjacent to an activating group) is 1. The molecule has 2 N–H and O–H groups in total. The first kappa shape index (κ1) is 13.5. The van der Waals surface area contributed by atoms with Crippen LogP contribution in [-0.4, -0.2) is 50.1 Å². The molecule has 16 heavy (non-hydrogen) atoms. The number of nitrogens with zero attached hydrogens (tertiary/aromatic N) is 1. The van der Waals surface area contributed by atoms with Gasteiger partial charge in [-0.2, -0.15) is 0 Å². The van der Waals surface area contributed by atoms with Gasteiger partial charge in [-0.15, -0.1) is 0 Å². The van der Waals surface area contributed by atoms with Crippen LogP contribution in [0, 0.1) is 5.92 Å². The van der Waals surface area contributed by atoms with Crippen molar-refractivity contribution < 1.29 is 4.79 Å². The zero-order chi connectivity index (χ0) is 12.0. The fourth-order valence-corrected chi connectivity index (χ4v) is 1.90. The van der Waals surface area contributed by atoms with Crippen molar-refractivity contribution in [2.24, 2.45) is 5.92 Å². The maximum Gasteiger partial charge on any atom is 0.221 e. The van der Waals surface area contributed by atoms with Crippen LogP contribution in [0.5, 0.6) is 0 Å². The highest BCUT2D eigenvalue weighted by atomic mass is 16.1. The summed E-state index contributed by atoms with van der Waals surface area (Å²) in [6.07, 6.45) is 1.79. The molecule has 0 radical (unpaired) electrons. The summed E-state index contributed by atoms with van der Waals surface area (Å²) in [6.45, 7) is 8.05. The molecule has 1 saturated heterocycles. The molecule has 0 aromatic rings. The molecule has 1 aliphatic rings. The van der Waals surface area contributed by atoms with Gasteiger partial charge in [0.15, 0.2) is 0 Å². The quantitative estimate of drug-likeness (QED) is 0.692. The Balaban J connectivity index is 2.00. The van der Waals surface area contributed by atoms with Gasteiger partial charge in [-0.3, -0.25) is 4.79 Å². The fraction of sp³-hybridized carbons (Fsp3) is 0.917. The Bertz CT molecular complexity index is 218. The van der Waals surface area contributed by atoms with Gasteiger partial charge in [-0.1, -0.05) is 13.8 Å². The molecule has 0 aliphatic carbocycles. The third kappa shape index (κ3) is 5.47. The SMILES string of the molecule is CC(C)CNC(=O)CCNC1CCN(C)C1. The number of hydrogen-bond acceptors (Lipinski definition) is 3. The predicted octanol–water partition coefficient (Wildman–Crippen LogP) is 0.442. The number of carbonyl (C=O) groups excluding carboxylic acids is 1. The van der Waals surface area contributed by atoms with E-state index in [-0.39, 0.29) is 5.91 Å². The molecule has 0 spiro atoms. The van der Waals surface area contributed by atoms with Gasteiger partial charge in [0.05, 0.1) is 0 Å². The minimum Gasteiger partial charge on any atom is -0.356 e. The van der Waals surface area contributed by atoms with Crippen molar-refractivity contribution >= 4 is 5.91 Å². The molecular formula is C12H25N3O. The number of amides is 1. The Morgan fingerprint density at radius 1 is 1.50 bits per heavy atom. The third-order valence-electron chi connectivity index (χ3n) is 2.88. The second kappa shape index (κ2) is 6.86. The van der Waals surface area contributed by atoms with Gasteiger partial charge in [-0.25, -0.2) is 0 Å². The normalized spacial score (nSPS) is 21.6. The summed E-state index contributed by atoms with van der Waals surface area (Å²) in [5, 5.41) is 6.35. The van der Waals surface area contributed by atoms with E-state index in [1.54, 1.807) is 0 Å². The van der Waals surface area contributed by atoms with E-state index in [4.69, 9.17) is 0 Å². The lowest BCUT2D eigenvalue weighted by atomic mass is 10.2. The highest BCUT2D eigenvalue weighted by Gasteiger charge is 2.18. The van der Waals surface area contributed by atoms with Gasteiger partial charge in [-0.05, 0) is 25.9 Å². The Labute approximate surface area is 98.8 Å². The van der Waals surface area contributed by atoms with Crippen molar-refractivity contribution in [1.82, 2.24) is 15.5 Å². The van der Waals surface area contributed by atoms with Gasteiger partial charge in [0.1, 0.15) is 0 Å². The summed E-state index contributed by atoms with van der Waals surface area (Å²) in [5.74, 6) is 0.688. The second-order valence-corrected chi connectivity index (χ2v) is 5.15. The molecule has 0 aromatic heterocycles. The van der Waals surface area contributed by atoms with Crippen LogP contribution >= 0.6 is 0 Å². The number of rotatable bonds is 6. The van der Waals surface area contributed by atoms with Crippen molar-refractivity contribution in [2.75, 3.05) is 33.2 Å². The molecule has 1 heterocycles. The predicted molar refractivity (Wildman–Crippen MR) is 66.4 cm³/mol. The van der Waals surface area contributed by atoms with E-state index in [2.05, 4.69) is 36.4 Å². The molecule has 1 atom stereocenters. The lowest BCUT2D eigenvalue weighted by Crippen LogP contribution is -2.35. The molecule has 1 rings (SSSR count). The minimum absolute atomic E-state index is 0.160. The molecule has 4 heteroatoms. The lowest BCUT2D eigenvalue weighted by molar-refractivity contribution is -0.121. The molecular weight excluding hydrogens is 202 g/mol. The van der Waals surface area contributed by atoms with Crippen LogP contribution in [0.4, 0.5) is 0 Å². The summed E-state index contributed by atoms with van der Waals surface area (Å²) in [4.78, 5) is 13.7. The molecule has 0 saturated carbocycles. The van der Waals surface area contributed by atoms with Crippen molar-refractivity contribution in [1.29, 1.82) is 0 Å². The molecule has 0 aromatic carbocycles. The molecule has 0 bridgehead atoms. The van der Waals surface area contributed by atoms with E-state index in [0.29, 0.717) is 18.4 Å². The molecule has 1 amide bonds. The number of nitrogens with one attached hydrogen (secondary N) is 2. The van der Waals surface area contributed by atoms with E-state index >= 15 is 0 Å². The Hall–Kier alpha value is -0.610. The molecule has 1 aliphatic heterocycles. The maximum atomic E-state index is 11.4. The first-order valence-corrected chi connectivity index (χ1v) is 6.26. The van der Waals surface area contributed by atoms with Crippen LogP contribution in [0.25, 0.3) is 0 Å². The van der Waals surface area contributed by atoms with Crippen LogP contribution in [0.2, 0.25) is 0 Å². The van der Waals surface area contributed by atoms with Gasteiger partial charge >= 0.3 is 0 Å². The first-order valence-electron chi connectivity index (χ1n) is 6.26. The Kier molecular flexibility index (Phi) is 5.77. The van der Waals surface area contributed by atoms with Crippen molar-refractivity contribution in [2.45, 2.75) is 32.7 Å². The van der Waals surface area contributed by atoms with Gasteiger partial charge in [0.2, 0.25) is 5.91 Å². The fourth-order valence-electron chi connectivity index (χ4n) is 1.90. The average molecular weight is 227 g/mol. The van der Waals surface area contributed by atoms with Crippen LogP contribution < -0.4 is 10.6 Å². The van der Waals surface area contributed by atoms with Crippen LogP contribution in [0.15, 0.2) is 0 Å². The second-order valence-electron chi connectivity index (χ2n) is 5.15. The van der Waals surface area contributed by atoms with Crippen LogP contribution in [-0.2, 0) is 4.79 Å². The topological polar surface area (TPSA) is 44.4 Å². The van der Waals surface area contributed by atoms with Gasteiger partial charge < -0.3 is 15.5 Å². The first-order chi connectivity index (χ1) is 7.58. The van der Waals surface area contributed by atoms with E-state index < -0.39 is 0 Å². The highest BCUT2D eigenvalue weighted by molar-refractivity contribution is 5.76. The number of likely N-dealkylation sites (tertiary alicyclic amines) is 1. The third-order valence-corrected chi connectivity index (χ3v) is 2.88. The highest BCUT2D eigenvalue weighted by Crippen LogP contribution is 2.05. The zero-order valence-corrected chi connectivity index (χ0v) is 10.8. The van der Waals surface area contributed by atoms with E-state index in [1.807, 2.05) is 0 Å². The largest absolute Gasteiger partial charge is 0.356 e. The lowest BCUT2D eigenvalue weighted by Gasteiger charge is -2.13.